The molecule has 0 aromatic carbocycles. The zero-order chi connectivity index (χ0) is 11.5. The van der Waals surface area contributed by atoms with Gasteiger partial charge in [-0.2, -0.15) is 5.10 Å². The van der Waals surface area contributed by atoms with Crippen LogP contribution in [0.5, 0.6) is 0 Å². The minimum Gasteiger partial charge on any atom is -0.460 e. The molecule has 16 heavy (non-hydrogen) atoms. The molecule has 1 aliphatic carbocycles. The highest BCUT2D eigenvalue weighted by molar-refractivity contribution is 7.80. The fraction of sp³-hybridized carbons (Fsp3) is 0.455. The van der Waals surface area contributed by atoms with Crippen LogP contribution in [-0.4, -0.2) is 18.4 Å². The first-order valence-electron chi connectivity index (χ1n) is 5.31. The maximum atomic E-state index is 5.64. The molecule has 2 rings (SSSR count). The summed E-state index contributed by atoms with van der Waals surface area (Å²) in [5.41, 5.74) is 2.67. The maximum absolute atomic E-state index is 5.64. The molecule has 1 fully saturated rings. The predicted molar refractivity (Wildman–Crippen MR) is 67.6 cm³/mol. The van der Waals surface area contributed by atoms with Crippen LogP contribution in [0.15, 0.2) is 21.7 Å². The summed E-state index contributed by atoms with van der Waals surface area (Å²) in [7, 11) is 1.74. The Morgan fingerprint density at radius 2 is 2.38 bits per heavy atom. The van der Waals surface area contributed by atoms with Crippen LogP contribution >= 0.6 is 12.2 Å². The second-order valence-corrected chi connectivity index (χ2v) is 4.42. The summed E-state index contributed by atoms with van der Waals surface area (Å²) in [6, 6.07) is 3.94. The van der Waals surface area contributed by atoms with Gasteiger partial charge in [0.15, 0.2) is 5.11 Å². The standard InChI is InChI=1S/C11H15N3OS/c1-7-5-9(7)10-4-3-8(15-10)6-13-14-11(16)12-2/h3-4,6-7,9H,5H2,1-2H3,(H2,12,14,16)/b13-6-/t7-,9+/m1/s1. The zero-order valence-electron chi connectivity index (χ0n) is 9.36. The van der Waals surface area contributed by atoms with Gasteiger partial charge >= 0.3 is 0 Å². The summed E-state index contributed by atoms with van der Waals surface area (Å²) in [5, 5.41) is 7.20. The Morgan fingerprint density at radius 1 is 1.62 bits per heavy atom. The summed E-state index contributed by atoms with van der Waals surface area (Å²) in [4.78, 5) is 0. The molecule has 0 amide bonds. The topological polar surface area (TPSA) is 49.6 Å². The normalized spacial score (nSPS) is 23.4. The number of nitrogens with zero attached hydrogens (tertiary/aromatic N) is 1. The van der Waals surface area contributed by atoms with Crippen molar-refractivity contribution in [2.75, 3.05) is 7.05 Å². The zero-order valence-corrected chi connectivity index (χ0v) is 10.2. The van der Waals surface area contributed by atoms with Gasteiger partial charge in [-0.05, 0) is 36.7 Å². The van der Waals surface area contributed by atoms with Crippen LogP contribution < -0.4 is 10.7 Å². The molecule has 86 valence electrons. The van der Waals surface area contributed by atoms with E-state index in [1.807, 2.05) is 12.1 Å². The van der Waals surface area contributed by atoms with Crippen LogP contribution in [0, 0.1) is 5.92 Å². The van der Waals surface area contributed by atoms with Crippen LogP contribution in [0.2, 0.25) is 0 Å². The third-order valence-electron chi connectivity index (χ3n) is 2.71. The van der Waals surface area contributed by atoms with Crippen LogP contribution in [0.4, 0.5) is 0 Å². The van der Waals surface area contributed by atoms with Crippen molar-refractivity contribution < 1.29 is 4.42 Å². The fourth-order valence-corrected chi connectivity index (χ4v) is 1.62. The van der Waals surface area contributed by atoms with Crippen molar-refractivity contribution in [2.24, 2.45) is 11.0 Å². The molecule has 0 bridgehead atoms. The van der Waals surface area contributed by atoms with Crippen molar-refractivity contribution in [3.63, 3.8) is 0 Å². The smallest absolute Gasteiger partial charge is 0.186 e. The number of rotatable bonds is 3. The lowest BCUT2D eigenvalue weighted by Crippen LogP contribution is -2.28. The molecule has 0 radical (unpaired) electrons. The van der Waals surface area contributed by atoms with E-state index in [9.17, 15) is 0 Å². The van der Waals surface area contributed by atoms with E-state index in [0.29, 0.717) is 11.0 Å². The van der Waals surface area contributed by atoms with Crippen molar-refractivity contribution in [1.82, 2.24) is 10.7 Å². The Bertz CT molecular complexity index is 413. The number of nitrogens with one attached hydrogen (secondary N) is 2. The van der Waals surface area contributed by atoms with Gasteiger partial charge in [0.2, 0.25) is 0 Å². The minimum atomic E-state index is 0.485. The van der Waals surface area contributed by atoms with Gasteiger partial charge in [-0.25, -0.2) is 0 Å². The van der Waals surface area contributed by atoms with Crippen molar-refractivity contribution in [3.05, 3.63) is 23.7 Å². The molecular weight excluding hydrogens is 222 g/mol. The van der Waals surface area contributed by atoms with Crippen LogP contribution in [-0.2, 0) is 0 Å². The SMILES string of the molecule is CNC(=S)N/N=C\c1ccc([C@H]2C[C@H]2C)o1. The van der Waals surface area contributed by atoms with Gasteiger partial charge in [-0.1, -0.05) is 6.92 Å². The van der Waals surface area contributed by atoms with E-state index in [2.05, 4.69) is 22.8 Å². The second kappa shape index (κ2) is 4.65. The van der Waals surface area contributed by atoms with E-state index >= 15 is 0 Å². The maximum Gasteiger partial charge on any atom is 0.186 e. The van der Waals surface area contributed by atoms with Crippen LogP contribution in [0.3, 0.4) is 0 Å². The average molecular weight is 237 g/mol. The van der Waals surface area contributed by atoms with E-state index in [1.165, 1.54) is 6.42 Å². The number of hydrogen-bond acceptors (Lipinski definition) is 3. The molecule has 2 atom stereocenters. The Balaban J connectivity index is 1.90. The molecule has 1 heterocycles. The first-order chi connectivity index (χ1) is 7.70. The van der Waals surface area contributed by atoms with E-state index < -0.39 is 0 Å². The number of furan rings is 1. The van der Waals surface area contributed by atoms with E-state index in [4.69, 9.17) is 16.6 Å². The Kier molecular flexibility index (Phi) is 3.24. The Morgan fingerprint density at radius 3 is 3.00 bits per heavy atom. The van der Waals surface area contributed by atoms with E-state index in [-0.39, 0.29) is 0 Å². The van der Waals surface area contributed by atoms with Crippen molar-refractivity contribution in [3.8, 4) is 0 Å². The second-order valence-electron chi connectivity index (χ2n) is 4.01. The van der Waals surface area contributed by atoms with Gasteiger partial charge < -0.3 is 9.73 Å². The summed E-state index contributed by atoms with van der Waals surface area (Å²) in [5.74, 6) is 3.17. The van der Waals surface area contributed by atoms with Crippen molar-refractivity contribution in [1.29, 1.82) is 0 Å². The summed E-state index contributed by atoms with van der Waals surface area (Å²) >= 11 is 4.88. The lowest BCUT2D eigenvalue weighted by molar-refractivity contribution is 0.500. The lowest BCUT2D eigenvalue weighted by atomic mass is 10.3. The minimum absolute atomic E-state index is 0.485. The third kappa shape index (κ3) is 2.61. The highest BCUT2D eigenvalue weighted by atomic mass is 32.1. The first-order valence-corrected chi connectivity index (χ1v) is 5.72. The molecule has 0 spiro atoms. The molecule has 1 saturated carbocycles. The van der Waals surface area contributed by atoms with Gasteiger partial charge in [0, 0.05) is 13.0 Å². The Labute approximate surface area is 100 Å². The van der Waals surface area contributed by atoms with Gasteiger partial charge in [0.1, 0.15) is 11.5 Å². The number of thiocarbonyl (C=S) groups is 1. The molecular formula is C11H15N3OS. The lowest BCUT2D eigenvalue weighted by Gasteiger charge is -1.98. The quantitative estimate of drug-likeness (QED) is 0.478. The molecule has 0 aliphatic heterocycles. The molecule has 5 heteroatoms. The highest BCUT2D eigenvalue weighted by Crippen LogP contribution is 2.47. The van der Waals surface area contributed by atoms with Gasteiger partial charge in [-0.3, -0.25) is 5.43 Å². The molecule has 0 saturated heterocycles. The molecule has 1 aromatic rings. The number of hydrazone groups is 1. The summed E-state index contributed by atoms with van der Waals surface area (Å²) < 4.78 is 5.64. The monoisotopic (exact) mass is 237 g/mol. The average Bonchev–Trinajstić information content (AvgIpc) is 2.82. The summed E-state index contributed by atoms with van der Waals surface area (Å²) in [6.45, 7) is 2.23. The van der Waals surface area contributed by atoms with Crippen molar-refractivity contribution >= 4 is 23.5 Å². The van der Waals surface area contributed by atoms with Gasteiger partial charge in [0.05, 0.1) is 6.21 Å². The van der Waals surface area contributed by atoms with Crippen LogP contribution in [0.25, 0.3) is 0 Å². The first kappa shape index (κ1) is 11.1. The molecule has 1 aromatic heterocycles. The van der Waals surface area contributed by atoms with Crippen molar-refractivity contribution in [2.45, 2.75) is 19.3 Å². The molecule has 0 unspecified atom stereocenters. The van der Waals surface area contributed by atoms with Gasteiger partial charge in [-0.15, -0.1) is 0 Å². The van der Waals surface area contributed by atoms with E-state index in [1.54, 1.807) is 13.3 Å². The van der Waals surface area contributed by atoms with Crippen LogP contribution in [0.1, 0.15) is 30.8 Å². The predicted octanol–water partition coefficient (Wildman–Crippen LogP) is 1.83. The third-order valence-corrected chi connectivity index (χ3v) is 3.00. The molecule has 2 N–H and O–H groups in total. The number of hydrogen-bond donors (Lipinski definition) is 2. The Hall–Kier alpha value is -1.36. The fourth-order valence-electron chi connectivity index (χ4n) is 1.57. The highest BCUT2D eigenvalue weighted by Gasteiger charge is 2.36. The van der Waals surface area contributed by atoms with E-state index in [0.717, 1.165) is 17.4 Å². The molecule has 1 aliphatic rings. The molecule has 4 nitrogen and oxygen atoms in total. The largest absolute Gasteiger partial charge is 0.460 e. The van der Waals surface area contributed by atoms with Gasteiger partial charge in [0.25, 0.3) is 0 Å². The summed E-state index contributed by atoms with van der Waals surface area (Å²) in [6.07, 6.45) is 2.85.